The molecule has 0 saturated carbocycles. The van der Waals surface area contributed by atoms with Gasteiger partial charge in [0, 0.05) is 29.1 Å². The van der Waals surface area contributed by atoms with Crippen molar-refractivity contribution in [1.82, 2.24) is 0 Å². The van der Waals surface area contributed by atoms with Gasteiger partial charge < -0.3 is 30.2 Å². The van der Waals surface area contributed by atoms with E-state index >= 15 is 0 Å². The Morgan fingerprint density at radius 3 is 1.94 bits per heavy atom. The SMILES string of the molecule is CCOC(=O)c1cc(OC)c(OC)cc1NC(=O)c1ccc(NC(=O)Nc2ccccc2)cc1. The number of anilines is 3. The highest BCUT2D eigenvalue weighted by Gasteiger charge is 2.20. The zero-order valence-electron chi connectivity index (χ0n) is 19.0. The molecular formula is C25H25N3O6. The third-order valence-electron chi connectivity index (χ3n) is 4.70. The number of hydrogen-bond donors (Lipinski definition) is 3. The summed E-state index contributed by atoms with van der Waals surface area (Å²) in [7, 11) is 2.90. The number of benzene rings is 3. The Balaban J connectivity index is 1.73. The minimum absolute atomic E-state index is 0.128. The predicted molar refractivity (Wildman–Crippen MR) is 129 cm³/mol. The van der Waals surface area contributed by atoms with Gasteiger partial charge in [-0.2, -0.15) is 0 Å². The third-order valence-corrected chi connectivity index (χ3v) is 4.70. The maximum Gasteiger partial charge on any atom is 0.340 e. The first kappa shape index (κ1) is 24.1. The van der Waals surface area contributed by atoms with Crippen molar-refractivity contribution in [1.29, 1.82) is 0 Å². The van der Waals surface area contributed by atoms with Crippen molar-refractivity contribution in [2.24, 2.45) is 0 Å². The van der Waals surface area contributed by atoms with E-state index in [4.69, 9.17) is 14.2 Å². The van der Waals surface area contributed by atoms with Crippen molar-refractivity contribution in [2.75, 3.05) is 36.8 Å². The highest BCUT2D eigenvalue weighted by atomic mass is 16.5. The number of nitrogens with one attached hydrogen (secondary N) is 3. The van der Waals surface area contributed by atoms with Crippen LogP contribution in [0.2, 0.25) is 0 Å². The maximum atomic E-state index is 12.8. The molecule has 0 aliphatic heterocycles. The van der Waals surface area contributed by atoms with Crippen molar-refractivity contribution in [3.8, 4) is 11.5 Å². The molecule has 3 aromatic carbocycles. The number of methoxy groups -OCH3 is 2. The summed E-state index contributed by atoms with van der Waals surface area (Å²) in [4.78, 5) is 37.4. The molecular weight excluding hydrogens is 438 g/mol. The summed E-state index contributed by atoms with van der Waals surface area (Å²) in [6.45, 7) is 1.86. The van der Waals surface area contributed by atoms with Crippen LogP contribution >= 0.6 is 0 Å². The normalized spacial score (nSPS) is 10.1. The Hall–Kier alpha value is -4.53. The Bertz CT molecular complexity index is 1160. The zero-order chi connectivity index (χ0) is 24.5. The standard InChI is InChI=1S/C25H25N3O6/c1-4-34-24(30)19-14-21(32-2)22(33-3)15-20(19)28-23(29)16-10-12-18(13-11-16)27-25(31)26-17-8-6-5-7-9-17/h5-15H,4H2,1-3H3,(H,28,29)(H2,26,27,31). The fourth-order valence-corrected chi connectivity index (χ4v) is 3.07. The van der Waals surface area contributed by atoms with Crippen molar-refractivity contribution in [3.63, 3.8) is 0 Å². The fourth-order valence-electron chi connectivity index (χ4n) is 3.07. The van der Waals surface area contributed by atoms with Crippen LogP contribution in [0, 0.1) is 0 Å². The van der Waals surface area contributed by atoms with Gasteiger partial charge in [-0.1, -0.05) is 18.2 Å². The molecule has 34 heavy (non-hydrogen) atoms. The average molecular weight is 463 g/mol. The van der Waals surface area contributed by atoms with E-state index in [2.05, 4.69) is 16.0 Å². The first-order valence-electron chi connectivity index (χ1n) is 10.4. The second kappa shape index (κ2) is 11.4. The van der Waals surface area contributed by atoms with E-state index in [0.717, 1.165) is 0 Å². The van der Waals surface area contributed by atoms with Gasteiger partial charge in [0.2, 0.25) is 0 Å². The van der Waals surface area contributed by atoms with Crippen molar-refractivity contribution >= 4 is 35.0 Å². The van der Waals surface area contributed by atoms with Crippen LogP contribution in [0.15, 0.2) is 66.7 Å². The number of carbonyl (C=O) groups is 3. The van der Waals surface area contributed by atoms with Gasteiger partial charge in [-0.15, -0.1) is 0 Å². The van der Waals surface area contributed by atoms with Crippen LogP contribution in [0.1, 0.15) is 27.6 Å². The summed E-state index contributed by atoms with van der Waals surface area (Å²) in [5.41, 5.74) is 1.82. The number of para-hydroxylation sites is 1. The Morgan fingerprint density at radius 1 is 0.765 bits per heavy atom. The number of esters is 1. The molecule has 0 bridgehead atoms. The summed E-state index contributed by atoms with van der Waals surface area (Å²) in [5, 5.41) is 8.12. The third kappa shape index (κ3) is 6.04. The molecule has 176 valence electrons. The molecule has 0 radical (unpaired) electrons. The lowest BCUT2D eigenvalue weighted by Gasteiger charge is -2.15. The van der Waals surface area contributed by atoms with Gasteiger partial charge in [-0.3, -0.25) is 4.79 Å². The predicted octanol–water partition coefficient (Wildman–Crippen LogP) is 4.78. The van der Waals surface area contributed by atoms with E-state index in [9.17, 15) is 14.4 Å². The highest BCUT2D eigenvalue weighted by Crippen LogP contribution is 2.34. The summed E-state index contributed by atoms with van der Waals surface area (Å²) in [5.74, 6) is -0.400. The molecule has 0 atom stereocenters. The number of ether oxygens (including phenoxy) is 3. The van der Waals surface area contributed by atoms with Crippen LogP contribution < -0.4 is 25.4 Å². The highest BCUT2D eigenvalue weighted by molar-refractivity contribution is 6.09. The topological polar surface area (TPSA) is 115 Å². The first-order chi connectivity index (χ1) is 16.4. The van der Waals surface area contributed by atoms with Crippen molar-refractivity contribution in [3.05, 3.63) is 77.9 Å². The second-order valence-corrected chi connectivity index (χ2v) is 6.95. The number of urea groups is 1. The van der Waals surface area contributed by atoms with Crippen molar-refractivity contribution in [2.45, 2.75) is 6.92 Å². The van der Waals surface area contributed by atoms with E-state index < -0.39 is 17.9 Å². The maximum absolute atomic E-state index is 12.8. The second-order valence-electron chi connectivity index (χ2n) is 6.95. The summed E-state index contributed by atoms with van der Waals surface area (Å²) < 4.78 is 15.6. The molecule has 0 spiro atoms. The van der Waals surface area contributed by atoms with Crippen LogP contribution in [0.5, 0.6) is 11.5 Å². The monoisotopic (exact) mass is 463 g/mol. The summed E-state index contributed by atoms with van der Waals surface area (Å²) >= 11 is 0. The smallest absolute Gasteiger partial charge is 0.340 e. The van der Waals surface area contributed by atoms with E-state index in [1.165, 1.54) is 26.4 Å². The Kier molecular flexibility index (Phi) is 8.07. The molecule has 3 N–H and O–H groups in total. The lowest BCUT2D eigenvalue weighted by molar-refractivity contribution is 0.0527. The van der Waals surface area contributed by atoms with Gasteiger partial charge in [-0.25, -0.2) is 9.59 Å². The van der Waals surface area contributed by atoms with Gasteiger partial charge in [-0.05, 0) is 43.3 Å². The fraction of sp³-hybridized carbons (Fsp3) is 0.160. The molecule has 3 rings (SSSR count). The largest absolute Gasteiger partial charge is 0.493 e. The van der Waals surface area contributed by atoms with Crippen LogP contribution in [0.3, 0.4) is 0 Å². The molecule has 3 amide bonds. The average Bonchev–Trinajstić information content (AvgIpc) is 2.84. The number of carbonyl (C=O) groups excluding carboxylic acids is 3. The lowest BCUT2D eigenvalue weighted by atomic mass is 10.1. The minimum atomic E-state index is -0.609. The van der Waals surface area contributed by atoms with Gasteiger partial charge >= 0.3 is 12.0 Å². The van der Waals surface area contributed by atoms with E-state index in [1.807, 2.05) is 18.2 Å². The van der Waals surface area contributed by atoms with Crippen LogP contribution in [-0.2, 0) is 4.74 Å². The molecule has 9 nitrogen and oxygen atoms in total. The Morgan fingerprint density at radius 2 is 1.35 bits per heavy atom. The molecule has 0 aromatic heterocycles. The summed E-state index contributed by atoms with van der Waals surface area (Å²) in [6.07, 6.45) is 0. The van der Waals surface area contributed by atoms with E-state index in [0.29, 0.717) is 28.4 Å². The molecule has 0 fully saturated rings. The quantitative estimate of drug-likeness (QED) is 0.414. The van der Waals surface area contributed by atoms with Gasteiger partial charge in [0.1, 0.15) is 0 Å². The van der Waals surface area contributed by atoms with E-state index in [1.54, 1.807) is 43.3 Å². The molecule has 0 heterocycles. The van der Waals surface area contributed by atoms with Crippen molar-refractivity contribution < 1.29 is 28.6 Å². The first-order valence-corrected chi connectivity index (χ1v) is 10.4. The van der Waals surface area contributed by atoms with Crippen LogP contribution in [0.25, 0.3) is 0 Å². The van der Waals surface area contributed by atoms with Crippen LogP contribution in [0.4, 0.5) is 21.9 Å². The van der Waals surface area contributed by atoms with E-state index in [-0.39, 0.29) is 17.9 Å². The van der Waals surface area contributed by atoms with Gasteiger partial charge in [0.05, 0.1) is 32.1 Å². The van der Waals surface area contributed by atoms with Crippen LogP contribution in [-0.4, -0.2) is 38.7 Å². The summed E-state index contributed by atoms with van der Waals surface area (Å²) in [6, 6.07) is 17.9. The van der Waals surface area contributed by atoms with Gasteiger partial charge in [0.25, 0.3) is 5.91 Å². The number of rotatable bonds is 8. The molecule has 0 saturated heterocycles. The zero-order valence-corrected chi connectivity index (χ0v) is 19.0. The van der Waals surface area contributed by atoms with Gasteiger partial charge in [0.15, 0.2) is 11.5 Å². The number of hydrogen-bond acceptors (Lipinski definition) is 6. The number of amides is 3. The molecule has 0 aliphatic rings. The molecule has 0 aliphatic carbocycles. The molecule has 0 unspecified atom stereocenters. The lowest BCUT2D eigenvalue weighted by Crippen LogP contribution is -2.19. The Labute approximate surface area is 197 Å². The molecule has 9 heteroatoms. The molecule has 3 aromatic rings. The minimum Gasteiger partial charge on any atom is -0.493 e.